The van der Waals surface area contributed by atoms with E-state index in [4.69, 9.17) is 10.5 Å². The van der Waals surface area contributed by atoms with Crippen molar-refractivity contribution in [3.8, 4) is 5.75 Å². The van der Waals surface area contributed by atoms with Crippen LogP contribution in [0.25, 0.3) is 0 Å². The van der Waals surface area contributed by atoms with Gasteiger partial charge in [0.05, 0.1) is 5.56 Å². The van der Waals surface area contributed by atoms with E-state index in [0.29, 0.717) is 23.4 Å². The molecule has 1 fully saturated rings. The van der Waals surface area contributed by atoms with E-state index in [9.17, 15) is 9.59 Å². The topological polar surface area (TPSA) is 114 Å². The predicted octanol–water partition coefficient (Wildman–Crippen LogP) is 1.71. The number of nitrogens with one attached hydrogen (secondary N) is 1. The van der Waals surface area contributed by atoms with Crippen LogP contribution >= 0.6 is 0 Å². The molecule has 0 aliphatic carbocycles. The van der Waals surface area contributed by atoms with Crippen LogP contribution in [0.5, 0.6) is 5.75 Å². The maximum absolute atomic E-state index is 12.6. The first kappa shape index (κ1) is 23.2. The average Bonchev–Trinajstić information content (AvgIpc) is 2.88. The minimum absolute atomic E-state index is 0.129. The maximum atomic E-state index is 12.6. The zero-order valence-corrected chi connectivity index (χ0v) is 18.9. The molecule has 1 aromatic heterocycles. The van der Waals surface area contributed by atoms with Crippen molar-refractivity contribution in [1.82, 2.24) is 20.2 Å². The molecule has 3 N–H and O–H groups in total. The number of piperazine rings is 1. The van der Waals surface area contributed by atoms with Crippen LogP contribution in [0, 0.1) is 0 Å². The molecule has 0 bridgehead atoms. The Balaban J connectivity index is 1.23. The molecule has 3 aromatic rings. The summed E-state index contributed by atoms with van der Waals surface area (Å²) in [6.07, 6.45) is 3.51. The molecule has 0 saturated carbocycles. The largest absolute Gasteiger partial charge is 0.488 e. The van der Waals surface area contributed by atoms with E-state index in [2.05, 4.69) is 25.1 Å². The van der Waals surface area contributed by atoms with Crippen molar-refractivity contribution < 1.29 is 14.3 Å². The normalized spacial score (nSPS) is 13.9. The number of carbonyl (C=O) groups is 2. The van der Waals surface area contributed by atoms with Gasteiger partial charge in [-0.3, -0.25) is 14.5 Å². The van der Waals surface area contributed by atoms with Crippen molar-refractivity contribution >= 4 is 17.8 Å². The maximum Gasteiger partial charge on any atom is 0.252 e. The highest BCUT2D eigenvalue weighted by Gasteiger charge is 2.18. The zero-order valence-electron chi connectivity index (χ0n) is 18.9. The molecule has 9 heteroatoms. The van der Waals surface area contributed by atoms with E-state index in [0.717, 1.165) is 44.2 Å². The number of rotatable bonds is 9. The van der Waals surface area contributed by atoms with Crippen molar-refractivity contribution in [3.05, 3.63) is 83.7 Å². The highest BCUT2D eigenvalue weighted by molar-refractivity contribution is 5.95. The van der Waals surface area contributed by atoms with E-state index in [-0.39, 0.29) is 12.5 Å². The van der Waals surface area contributed by atoms with Crippen molar-refractivity contribution in [2.75, 3.05) is 44.2 Å². The average molecular weight is 461 g/mol. The van der Waals surface area contributed by atoms with Crippen LogP contribution in [-0.2, 0) is 6.61 Å². The number of nitrogens with two attached hydrogens (primary N) is 1. The lowest BCUT2D eigenvalue weighted by molar-refractivity contribution is 0.0946. The number of amides is 2. The molecule has 34 heavy (non-hydrogen) atoms. The molecule has 1 saturated heterocycles. The lowest BCUT2D eigenvalue weighted by Crippen LogP contribution is -2.49. The van der Waals surface area contributed by atoms with Gasteiger partial charge in [0.25, 0.3) is 11.8 Å². The summed E-state index contributed by atoms with van der Waals surface area (Å²) in [6, 6.07) is 15.9. The Kier molecular flexibility index (Phi) is 7.67. The summed E-state index contributed by atoms with van der Waals surface area (Å²) in [5.41, 5.74) is 7.12. The number of carbonyl (C=O) groups excluding carboxylic acids is 2. The molecule has 1 aliphatic rings. The standard InChI is InChI=1S/C25H28N6O3/c26-23(32)21-7-1-2-8-22(21)34-18-19-5-3-6-20(17-19)24(33)27-11-12-30-13-15-31(16-14-30)25-28-9-4-10-29-25/h1-10,17H,11-16,18H2,(H2,26,32)(H,27,33). The summed E-state index contributed by atoms with van der Waals surface area (Å²) in [6.45, 7) is 5.08. The number of ether oxygens (including phenoxy) is 1. The quantitative estimate of drug-likeness (QED) is 0.500. The van der Waals surface area contributed by atoms with Crippen LogP contribution in [0.1, 0.15) is 26.3 Å². The number of anilines is 1. The van der Waals surface area contributed by atoms with Crippen LogP contribution < -0.4 is 20.7 Å². The highest BCUT2D eigenvalue weighted by atomic mass is 16.5. The summed E-state index contributed by atoms with van der Waals surface area (Å²) < 4.78 is 5.77. The first-order valence-corrected chi connectivity index (χ1v) is 11.2. The monoisotopic (exact) mass is 460 g/mol. The number of primary amides is 1. The molecule has 0 unspecified atom stereocenters. The van der Waals surface area contributed by atoms with Crippen LogP contribution in [0.15, 0.2) is 67.0 Å². The minimum atomic E-state index is -0.543. The number of aromatic nitrogens is 2. The molecular weight excluding hydrogens is 432 g/mol. The van der Waals surface area contributed by atoms with Gasteiger partial charge in [-0.2, -0.15) is 0 Å². The number of para-hydroxylation sites is 1. The zero-order chi connectivity index (χ0) is 23.8. The Morgan fingerprint density at radius 2 is 1.74 bits per heavy atom. The SMILES string of the molecule is NC(=O)c1ccccc1OCc1cccc(C(=O)NCCN2CCN(c3ncccn3)CC2)c1. The summed E-state index contributed by atoms with van der Waals surface area (Å²) in [4.78, 5) is 37.3. The number of benzene rings is 2. The third-order valence-corrected chi connectivity index (χ3v) is 5.66. The molecular formula is C25H28N6O3. The third kappa shape index (κ3) is 6.08. The molecule has 2 amide bonds. The Labute approximate surface area is 198 Å². The molecule has 0 radical (unpaired) electrons. The minimum Gasteiger partial charge on any atom is -0.488 e. The number of nitrogens with zero attached hydrogens (tertiary/aromatic N) is 4. The second kappa shape index (κ2) is 11.2. The Bertz CT molecular complexity index is 1120. The smallest absolute Gasteiger partial charge is 0.252 e. The highest BCUT2D eigenvalue weighted by Crippen LogP contribution is 2.19. The van der Waals surface area contributed by atoms with Gasteiger partial charge in [-0.25, -0.2) is 9.97 Å². The Morgan fingerprint density at radius 1 is 0.971 bits per heavy atom. The third-order valence-electron chi connectivity index (χ3n) is 5.66. The van der Waals surface area contributed by atoms with E-state index in [1.165, 1.54) is 0 Å². The van der Waals surface area contributed by atoms with Gasteiger partial charge in [0, 0.05) is 57.2 Å². The van der Waals surface area contributed by atoms with Gasteiger partial charge in [-0.05, 0) is 35.9 Å². The van der Waals surface area contributed by atoms with Crippen LogP contribution in [0.3, 0.4) is 0 Å². The fourth-order valence-electron chi connectivity index (χ4n) is 3.82. The van der Waals surface area contributed by atoms with Gasteiger partial charge in [0.15, 0.2) is 0 Å². The van der Waals surface area contributed by atoms with Gasteiger partial charge in [-0.1, -0.05) is 24.3 Å². The van der Waals surface area contributed by atoms with Gasteiger partial charge < -0.3 is 20.7 Å². The number of hydrogen-bond donors (Lipinski definition) is 2. The van der Waals surface area contributed by atoms with Gasteiger partial charge >= 0.3 is 0 Å². The summed E-state index contributed by atoms with van der Waals surface area (Å²) in [5, 5.41) is 2.99. The lowest BCUT2D eigenvalue weighted by Gasteiger charge is -2.34. The van der Waals surface area contributed by atoms with E-state index in [1.807, 2.05) is 18.2 Å². The summed E-state index contributed by atoms with van der Waals surface area (Å²) in [5.74, 6) is 0.510. The molecule has 1 aliphatic heterocycles. The second-order valence-electron chi connectivity index (χ2n) is 7.98. The number of hydrogen-bond acceptors (Lipinski definition) is 7. The molecule has 2 heterocycles. The second-order valence-corrected chi connectivity index (χ2v) is 7.98. The van der Waals surface area contributed by atoms with E-state index >= 15 is 0 Å². The van der Waals surface area contributed by atoms with E-state index in [1.54, 1.807) is 48.8 Å². The molecule has 176 valence electrons. The first-order valence-electron chi connectivity index (χ1n) is 11.2. The van der Waals surface area contributed by atoms with Crippen molar-refractivity contribution in [3.63, 3.8) is 0 Å². The lowest BCUT2D eigenvalue weighted by atomic mass is 10.1. The van der Waals surface area contributed by atoms with Crippen LogP contribution in [0.2, 0.25) is 0 Å². The van der Waals surface area contributed by atoms with Crippen molar-refractivity contribution in [2.24, 2.45) is 5.73 Å². The summed E-state index contributed by atoms with van der Waals surface area (Å²) in [7, 11) is 0. The molecule has 9 nitrogen and oxygen atoms in total. The molecule has 0 atom stereocenters. The first-order chi connectivity index (χ1) is 16.6. The van der Waals surface area contributed by atoms with Crippen LogP contribution in [0.4, 0.5) is 5.95 Å². The molecule has 4 rings (SSSR count). The fraction of sp³-hybridized carbons (Fsp3) is 0.280. The predicted molar refractivity (Wildman–Crippen MR) is 129 cm³/mol. The van der Waals surface area contributed by atoms with Gasteiger partial charge in [-0.15, -0.1) is 0 Å². The van der Waals surface area contributed by atoms with Gasteiger partial charge in [0.2, 0.25) is 5.95 Å². The Hall–Kier alpha value is -3.98. The Morgan fingerprint density at radius 3 is 2.50 bits per heavy atom. The van der Waals surface area contributed by atoms with Crippen molar-refractivity contribution in [2.45, 2.75) is 6.61 Å². The molecule has 0 spiro atoms. The molecule has 2 aromatic carbocycles. The summed E-state index contributed by atoms with van der Waals surface area (Å²) >= 11 is 0. The van der Waals surface area contributed by atoms with Crippen LogP contribution in [-0.4, -0.2) is 66.0 Å². The fourth-order valence-corrected chi connectivity index (χ4v) is 3.82. The van der Waals surface area contributed by atoms with E-state index < -0.39 is 5.91 Å². The van der Waals surface area contributed by atoms with Gasteiger partial charge in [0.1, 0.15) is 12.4 Å². The van der Waals surface area contributed by atoms with Crippen molar-refractivity contribution in [1.29, 1.82) is 0 Å².